The van der Waals surface area contributed by atoms with E-state index in [-0.39, 0.29) is 24.6 Å². The smallest absolute Gasteiger partial charge is 0.227 e. The summed E-state index contributed by atoms with van der Waals surface area (Å²) in [5.41, 5.74) is 4.68. The predicted octanol–water partition coefficient (Wildman–Crippen LogP) is 2.65. The monoisotopic (exact) mass is 352 g/mol. The van der Waals surface area contributed by atoms with E-state index in [9.17, 15) is 13.6 Å². The number of nitrogens with two attached hydrogens (primary N) is 1. The maximum absolute atomic E-state index is 14.4. The summed E-state index contributed by atoms with van der Waals surface area (Å²) in [5, 5.41) is 2.97. The molecule has 1 saturated carbocycles. The standard InChI is InChI=1S/C19H26F2N2O2/c20-14-4-3-5-15(21)16(14)19(6-1-2-7-19)13-23-17(24)18(12-22)8-10-25-11-9-18/h3-5H,1-2,6-13,22H2,(H,23,24). The Morgan fingerprint density at radius 1 is 1.12 bits per heavy atom. The molecule has 3 rings (SSSR count). The van der Waals surface area contributed by atoms with Gasteiger partial charge in [-0.05, 0) is 37.8 Å². The zero-order chi connectivity index (χ0) is 17.9. The van der Waals surface area contributed by atoms with Gasteiger partial charge in [0.25, 0.3) is 0 Å². The second-order valence-electron chi connectivity index (χ2n) is 7.36. The molecule has 25 heavy (non-hydrogen) atoms. The molecule has 1 saturated heterocycles. The normalized spacial score (nSPS) is 21.9. The van der Waals surface area contributed by atoms with Crippen molar-refractivity contribution >= 4 is 5.91 Å². The van der Waals surface area contributed by atoms with Crippen LogP contribution in [0.5, 0.6) is 0 Å². The third-order valence-corrected chi connectivity index (χ3v) is 5.96. The van der Waals surface area contributed by atoms with Crippen molar-refractivity contribution in [3.63, 3.8) is 0 Å². The van der Waals surface area contributed by atoms with Gasteiger partial charge in [0, 0.05) is 37.3 Å². The van der Waals surface area contributed by atoms with E-state index < -0.39 is 22.5 Å². The number of ether oxygens (including phenoxy) is 1. The van der Waals surface area contributed by atoms with Gasteiger partial charge in [-0.2, -0.15) is 0 Å². The molecule has 3 N–H and O–H groups in total. The molecule has 1 heterocycles. The molecule has 0 radical (unpaired) electrons. The fraction of sp³-hybridized carbons (Fsp3) is 0.632. The maximum Gasteiger partial charge on any atom is 0.227 e. The number of carbonyl (C=O) groups excluding carboxylic acids is 1. The van der Waals surface area contributed by atoms with Crippen molar-refractivity contribution in [2.24, 2.45) is 11.1 Å². The van der Waals surface area contributed by atoms with Gasteiger partial charge in [0.1, 0.15) is 11.6 Å². The molecule has 138 valence electrons. The molecule has 1 amide bonds. The van der Waals surface area contributed by atoms with Crippen molar-refractivity contribution in [3.05, 3.63) is 35.4 Å². The Hall–Kier alpha value is -1.53. The summed E-state index contributed by atoms with van der Waals surface area (Å²) in [6.07, 6.45) is 4.31. The lowest BCUT2D eigenvalue weighted by atomic mass is 9.76. The molecule has 2 fully saturated rings. The van der Waals surface area contributed by atoms with Gasteiger partial charge in [-0.3, -0.25) is 4.79 Å². The van der Waals surface area contributed by atoms with Crippen molar-refractivity contribution in [1.82, 2.24) is 5.32 Å². The summed E-state index contributed by atoms with van der Waals surface area (Å²) in [4.78, 5) is 12.8. The number of benzene rings is 1. The molecular weight excluding hydrogens is 326 g/mol. The van der Waals surface area contributed by atoms with Crippen molar-refractivity contribution in [1.29, 1.82) is 0 Å². The van der Waals surface area contributed by atoms with Crippen LogP contribution in [0.25, 0.3) is 0 Å². The van der Waals surface area contributed by atoms with Gasteiger partial charge in [-0.25, -0.2) is 8.78 Å². The van der Waals surface area contributed by atoms with Gasteiger partial charge in [0.15, 0.2) is 0 Å². The quantitative estimate of drug-likeness (QED) is 0.856. The van der Waals surface area contributed by atoms with Crippen LogP contribution in [0.2, 0.25) is 0 Å². The zero-order valence-electron chi connectivity index (χ0n) is 14.5. The molecule has 1 aliphatic heterocycles. The Morgan fingerprint density at radius 3 is 2.28 bits per heavy atom. The average Bonchev–Trinajstić information content (AvgIpc) is 3.10. The molecule has 4 nitrogen and oxygen atoms in total. The molecule has 0 unspecified atom stereocenters. The third kappa shape index (κ3) is 3.42. The predicted molar refractivity (Wildman–Crippen MR) is 91.1 cm³/mol. The largest absolute Gasteiger partial charge is 0.381 e. The van der Waals surface area contributed by atoms with Crippen LogP contribution in [0.4, 0.5) is 8.78 Å². The van der Waals surface area contributed by atoms with Crippen molar-refractivity contribution in [2.75, 3.05) is 26.3 Å². The van der Waals surface area contributed by atoms with Crippen LogP contribution in [0.3, 0.4) is 0 Å². The van der Waals surface area contributed by atoms with Crippen LogP contribution in [0, 0.1) is 17.0 Å². The lowest BCUT2D eigenvalue weighted by molar-refractivity contribution is -0.136. The highest BCUT2D eigenvalue weighted by Crippen LogP contribution is 2.43. The first-order valence-corrected chi connectivity index (χ1v) is 9.04. The first kappa shape index (κ1) is 18.3. The second-order valence-corrected chi connectivity index (χ2v) is 7.36. The van der Waals surface area contributed by atoms with E-state index in [4.69, 9.17) is 10.5 Å². The maximum atomic E-state index is 14.4. The number of hydrogen-bond donors (Lipinski definition) is 2. The Labute approximate surface area is 147 Å². The number of rotatable bonds is 5. The summed E-state index contributed by atoms with van der Waals surface area (Å²) in [7, 11) is 0. The lowest BCUT2D eigenvalue weighted by Crippen LogP contribution is -2.52. The van der Waals surface area contributed by atoms with Crippen LogP contribution in [-0.2, 0) is 14.9 Å². The highest BCUT2D eigenvalue weighted by molar-refractivity contribution is 5.83. The minimum absolute atomic E-state index is 0.113. The summed E-state index contributed by atoms with van der Waals surface area (Å²) in [6.45, 7) is 1.52. The van der Waals surface area contributed by atoms with E-state index in [1.54, 1.807) is 0 Å². The van der Waals surface area contributed by atoms with E-state index in [2.05, 4.69) is 5.32 Å². The van der Waals surface area contributed by atoms with Gasteiger partial charge in [0.05, 0.1) is 5.41 Å². The van der Waals surface area contributed by atoms with Crippen molar-refractivity contribution in [3.8, 4) is 0 Å². The molecule has 2 aliphatic rings. The van der Waals surface area contributed by atoms with Gasteiger partial charge in [-0.1, -0.05) is 18.9 Å². The molecular formula is C19H26F2N2O2. The van der Waals surface area contributed by atoms with E-state index >= 15 is 0 Å². The molecule has 1 aliphatic carbocycles. The highest BCUT2D eigenvalue weighted by atomic mass is 19.1. The first-order chi connectivity index (χ1) is 12.0. The second kappa shape index (κ2) is 7.38. The van der Waals surface area contributed by atoms with E-state index in [0.717, 1.165) is 12.8 Å². The van der Waals surface area contributed by atoms with Crippen LogP contribution in [0.1, 0.15) is 44.1 Å². The highest BCUT2D eigenvalue weighted by Gasteiger charge is 2.43. The number of nitrogens with one attached hydrogen (secondary N) is 1. The Morgan fingerprint density at radius 2 is 1.72 bits per heavy atom. The minimum Gasteiger partial charge on any atom is -0.381 e. The number of hydrogen-bond acceptors (Lipinski definition) is 3. The van der Waals surface area contributed by atoms with E-state index in [1.807, 2.05) is 0 Å². The molecule has 0 bridgehead atoms. The summed E-state index contributed by atoms with van der Waals surface area (Å²) < 4.78 is 34.1. The molecule has 6 heteroatoms. The van der Waals surface area contributed by atoms with Crippen LogP contribution in [-0.4, -0.2) is 32.2 Å². The molecule has 1 aromatic carbocycles. The molecule has 0 spiro atoms. The van der Waals surface area contributed by atoms with Gasteiger partial charge >= 0.3 is 0 Å². The van der Waals surface area contributed by atoms with Crippen molar-refractivity contribution < 1.29 is 18.3 Å². The van der Waals surface area contributed by atoms with Gasteiger partial charge in [0.2, 0.25) is 5.91 Å². The number of halogens is 2. The van der Waals surface area contributed by atoms with Gasteiger partial charge in [-0.15, -0.1) is 0 Å². The first-order valence-electron chi connectivity index (χ1n) is 9.04. The summed E-state index contributed by atoms with van der Waals surface area (Å²) in [5.74, 6) is -1.19. The summed E-state index contributed by atoms with van der Waals surface area (Å²) in [6, 6.07) is 3.96. The van der Waals surface area contributed by atoms with Crippen LogP contribution < -0.4 is 11.1 Å². The molecule has 1 aromatic rings. The zero-order valence-corrected chi connectivity index (χ0v) is 14.5. The number of amides is 1. The minimum atomic E-state index is -0.675. The lowest BCUT2D eigenvalue weighted by Gasteiger charge is -2.37. The fourth-order valence-corrected chi connectivity index (χ4v) is 4.29. The Balaban J connectivity index is 1.80. The fourth-order valence-electron chi connectivity index (χ4n) is 4.29. The van der Waals surface area contributed by atoms with Crippen molar-refractivity contribution in [2.45, 2.75) is 43.9 Å². The topological polar surface area (TPSA) is 64.4 Å². The Kier molecular flexibility index (Phi) is 5.39. The molecule has 0 atom stereocenters. The van der Waals surface area contributed by atoms with Gasteiger partial charge < -0.3 is 15.8 Å². The van der Waals surface area contributed by atoms with Crippen LogP contribution in [0.15, 0.2) is 18.2 Å². The van der Waals surface area contributed by atoms with E-state index in [1.165, 1.54) is 18.2 Å². The average molecular weight is 352 g/mol. The number of carbonyl (C=O) groups is 1. The SMILES string of the molecule is NCC1(C(=O)NCC2(c3c(F)cccc3F)CCCC2)CCOCC1. The van der Waals surface area contributed by atoms with Crippen LogP contribution >= 0.6 is 0 Å². The third-order valence-electron chi connectivity index (χ3n) is 5.96. The Bertz CT molecular complexity index is 604. The summed E-state index contributed by atoms with van der Waals surface area (Å²) >= 11 is 0. The molecule has 0 aromatic heterocycles. The van der Waals surface area contributed by atoms with E-state index in [0.29, 0.717) is 38.9 Å².